The van der Waals surface area contributed by atoms with Crippen LogP contribution in [-0.4, -0.2) is 303 Å². The molecule has 0 unspecified atom stereocenters. The second-order valence-electron chi connectivity index (χ2n) is 26.8. The van der Waals surface area contributed by atoms with Crippen molar-refractivity contribution in [2.24, 2.45) is 52.3 Å². The Labute approximate surface area is 491 Å². The number of hydrogen-bond donors (Lipinski definition) is 18. The van der Waals surface area contributed by atoms with Gasteiger partial charge in [0.05, 0.1) is 58.0 Å². The fourth-order valence-corrected chi connectivity index (χ4v) is 16.9. The summed E-state index contributed by atoms with van der Waals surface area (Å²) in [5.74, 6) is -0.636. The number of fused-ring (bicyclic) bond motifs is 7. The summed E-state index contributed by atoms with van der Waals surface area (Å²) in [5, 5.41) is 194. The third kappa shape index (κ3) is 12.3. The standard InChI is InChI=1S/C56H94O29/c1-20(18-75-49-43(71)39(67)36(64)30(14-57)78-49)7-10-56(74)21(2)34-29(85-56)12-25-23-6-5-22-11-28(26(61)13-55(22,4)24(23)8-9-54(25,34)3)77-51-45(73)41(69)46(33(17-60)81-51)82-53-48(84-52-44(72)40(68)37(65)31(15-58)79-52)47(38(66)32(16-59)80-53)83-50-42(70)35(63)27(62)19-76-50/h20-53,57-74H,5-19H2,1-4H3/t20-,21+,22+,23-,24+,25+,26-,27-,28-,29+,30-,31-,32-,33-,34+,35+,36-,37-,38-,39+,40+,41-,42-,43-,44-,45-,46+,47+,48-,49-,50+,51-,52+,53+,54+,55+,56-/m1/s1. The number of ether oxygens (including phenoxy) is 11. The van der Waals surface area contributed by atoms with Gasteiger partial charge in [0.1, 0.15) is 116 Å². The average Bonchev–Trinajstić information content (AvgIpc) is 1.73. The lowest BCUT2D eigenvalue weighted by molar-refractivity contribution is -0.404. The first-order chi connectivity index (χ1) is 40.2. The second-order valence-corrected chi connectivity index (χ2v) is 26.8. The number of hydrogen-bond acceptors (Lipinski definition) is 29. The fraction of sp³-hybridized carbons (Fsp3) is 1.00. The van der Waals surface area contributed by atoms with Crippen LogP contribution in [0.15, 0.2) is 0 Å². The minimum atomic E-state index is -2.05. The zero-order valence-corrected chi connectivity index (χ0v) is 48.3. The maximum atomic E-state index is 12.1. The van der Waals surface area contributed by atoms with E-state index in [-0.39, 0.29) is 53.1 Å². The smallest absolute Gasteiger partial charge is 0.187 e. The highest BCUT2D eigenvalue weighted by molar-refractivity contribution is 5.16. The van der Waals surface area contributed by atoms with Gasteiger partial charge in [-0.2, -0.15) is 0 Å². The first kappa shape index (κ1) is 66.8. The van der Waals surface area contributed by atoms with Crippen molar-refractivity contribution in [3.05, 3.63) is 0 Å². The molecule has 4 saturated carbocycles. The molecule has 492 valence electrons. The van der Waals surface area contributed by atoms with Gasteiger partial charge in [0.2, 0.25) is 0 Å². The van der Waals surface area contributed by atoms with Crippen molar-refractivity contribution in [2.75, 3.05) is 39.6 Å². The van der Waals surface area contributed by atoms with Crippen molar-refractivity contribution in [3.8, 4) is 0 Å². The van der Waals surface area contributed by atoms with Gasteiger partial charge in [0.25, 0.3) is 0 Å². The molecule has 0 aromatic heterocycles. The minimum Gasteiger partial charge on any atom is -0.394 e. The molecule has 0 amide bonds. The lowest BCUT2D eigenvalue weighted by Gasteiger charge is -2.62. The third-order valence-electron chi connectivity index (χ3n) is 21.8. The van der Waals surface area contributed by atoms with Crippen LogP contribution in [0.1, 0.15) is 85.5 Å². The van der Waals surface area contributed by atoms with E-state index in [1.165, 1.54) is 0 Å². The Morgan fingerprint density at radius 2 is 1.07 bits per heavy atom. The van der Waals surface area contributed by atoms with Crippen molar-refractivity contribution < 1.29 is 144 Å². The summed E-state index contributed by atoms with van der Waals surface area (Å²) in [6, 6.07) is 0. The quantitative estimate of drug-likeness (QED) is 0.0568. The number of rotatable bonds is 18. The van der Waals surface area contributed by atoms with Gasteiger partial charge < -0.3 is 144 Å². The minimum absolute atomic E-state index is 0.0808. The van der Waals surface area contributed by atoms with Crippen LogP contribution in [0.25, 0.3) is 0 Å². The molecule has 85 heavy (non-hydrogen) atoms. The summed E-state index contributed by atoms with van der Waals surface area (Å²) < 4.78 is 65.5. The lowest BCUT2D eigenvalue weighted by atomic mass is 9.44. The summed E-state index contributed by atoms with van der Waals surface area (Å²) >= 11 is 0. The van der Waals surface area contributed by atoms with E-state index < -0.39 is 198 Å². The first-order valence-electron chi connectivity index (χ1n) is 30.4. The van der Waals surface area contributed by atoms with Crippen LogP contribution in [0.2, 0.25) is 0 Å². The molecule has 4 aliphatic carbocycles. The average molecular weight is 1230 g/mol. The molecular weight excluding hydrogens is 1140 g/mol. The van der Waals surface area contributed by atoms with E-state index in [1.807, 2.05) is 6.92 Å². The van der Waals surface area contributed by atoms with Gasteiger partial charge in [-0.25, -0.2) is 0 Å². The Morgan fingerprint density at radius 1 is 0.518 bits per heavy atom. The van der Waals surface area contributed by atoms with Crippen molar-refractivity contribution in [1.82, 2.24) is 0 Å². The van der Waals surface area contributed by atoms with E-state index in [9.17, 15) is 91.9 Å². The Hall–Kier alpha value is -1.16. The van der Waals surface area contributed by atoms with E-state index in [0.29, 0.717) is 37.5 Å². The molecule has 10 fully saturated rings. The highest BCUT2D eigenvalue weighted by Crippen LogP contribution is 2.71. The van der Waals surface area contributed by atoms with E-state index in [1.54, 1.807) is 0 Å². The normalized spacial score (nSPS) is 55.8. The number of aliphatic hydroxyl groups is 18. The van der Waals surface area contributed by atoms with Gasteiger partial charge in [-0.05, 0) is 97.7 Å². The number of aliphatic hydroxyl groups excluding tert-OH is 17. The molecule has 6 aliphatic heterocycles. The van der Waals surface area contributed by atoms with E-state index in [4.69, 9.17) is 52.1 Å². The van der Waals surface area contributed by atoms with Crippen LogP contribution in [-0.2, 0) is 52.1 Å². The van der Waals surface area contributed by atoms with E-state index >= 15 is 0 Å². The predicted octanol–water partition coefficient (Wildman–Crippen LogP) is -6.52. The van der Waals surface area contributed by atoms with Gasteiger partial charge in [-0.3, -0.25) is 0 Å². The largest absolute Gasteiger partial charge is 0.394 e. The summed E-state index contributed by atoms with van der Waals surface area (Å²) in [7, 11) is 0. The molecule has 0 aromatic rings. The molecule has 10 aliphatic rings. The summed E-state index contributed by atoms with van der Waals surface area (Å²) in [6.45, 7) is 4.91. The zero-order chi connectivity index (χ0) is 61.5. The van der Waals surface area contributed by atoms with Crippen molar-refractivity contribution in [3.63, 3.8) is 0 Å². The maximum Gasteiger partial charge on any atom is 0.187 e. The van der Waals surface area contributed by atoms with Crippen molar-refractivity contribution >= 4 is 0 Å². The lowest BCUT2D eigenvalue weighted by Crippen LogP contribution is -2.68. The molecule has 29 heteroatoms. The Bertz CT molecular complexity index is 2170. The molecule has 29 nitrogen and oxygen atoms in total. The second kappa shape index (κ2) is 26.4. The summed E-state index contributed by atoms with van der Waals surface area (Å²) in [5.41, 5.74) is -0.434. The molecule has 10 rings (SSSR count). The van der Waals surface area contributed by atoms with Gasteiger partial charge >= 0.3 is 0 Å². The summed E-state index contributed by atoms with van der Waals surface area (Å²) in [4.78, 5) is 0. The molecule has 18 N–H and O–H groups in total. The SMILES string of the molecule is C[C@H](CC[C@@]1(O)O[C@H]2C[C@H]3[C@@H]4CC[C@H]5C[C@@H](O[C@@H]6O[C@H](CO)[C@H](O[C@@H]7O[C@H](CO)[C@@H](O)[C@H](O[C@@H]8OC[C@@H](O)[C@H](O)[C@H]8O)[C@H]7O[C@@H]7O[C@H](CO)[C@@H](O)[C@H](O)[C@H]7O)[C@H](O)[C@H]6O)[C@H](O)C[C@]5(C)[C@H]4CC[C@]3(C)[C@H]2[C@@H]1C)CO[C@@H]1O[C@H](CO)[C@@H](O)[C@H](O)[C@H]1O. The molecule has 37 atom stereocenters. The Kier molecular flexibility index (Phi) is 20.8. The monoisotopic (exact) mass is 1230 g/mol. The highest BCUT2D eigenvalue weighted by Gasteiger charge is 2.69. The van der Waals surface area contributed by atoms with Gasteiger partial charge in [0, 0.05) is 12.3 Å². The van der Waals surface area contributed by atoms with Gasteiger partial charge in [-0.1, -0.05) is 27.7 Å². The van der Waals surface area contributed by atoms with Crippen LogP contribution in [0, 0.1) is 52.3 Å². The third-order valence-corrected chi connectivity index (χ3v) is 21.8. The Balaban J connectivity index is 0.771. The maximum absolute atomic E-state index is 12.1. The predicted molar refractivity (Wildman–Crippen MR) is 280 cm³/mol. The van der Waals surface area contributed by atoms with Crippen molar-refractivity contribution in [1.29, 1.82) is 0 Å². The van der Waals surface area contributed by atoms with E-state index in [2.05, 4.69) is 20.8 Å². The van der Waals surface area contributed by atoms with Crippen LogP contribution in [0.4, 0.5) is 0 Å². The van der Waals surface area contributed by atoms with Gasteiger partial charge in [-0.15, -0.1) is 0 Å². The molecule has 6 saturated heterocycles. The molecular formula is C56H94O29. The molecule has 0 bridgehead atoms. The zero-order valence-electron chi connectivity index (χ0n) is 48.3. The molecule has 6 heterocycles. The van der Waals surface area contributed by atoms with Crippen LogP contribution < -0.4 is 0 Å². The van der Waals surface area contributed by atoms with Crippen LogP contribution in [0.3, 0.4) is 0 Å². The highest BCUT2D eigenvalue weighted by atomic mass is 16.8. The Morgan fingerprint density at radius 3 is 1.73 bits per heavy atom. The van der Waals surface area contributed by atoms with Crippen LogP contribution in [0.5, 0.6) is 0 Å². The fourth-order valence-electron chi connectivity index (χ4n) is 16.9. The summed E-state index contributed by atoms with van der Waals surface area (Å²) in [6.07, 6.45) is -37.5. The van der Waals surface area contributed by atoms with Gasteiger partial charge in [0.15, 0.2) is 37.2 Å². The molecule has 0 radical (unpaired) electrons. The van der Waals surface area contributed by atoms with Crippen LogP contribution >= 0.6 is 0 Å². The molecule has 0 aromatic carbocycles. The van der Waals surface area contributed by atoms with Crippen molar-refractivity contribution in [2.45, 2.75) is 257 Å². The molecule has 0 spiro atoms. The first-order valence-corrected chi connectivity index (χ1v) is 30.4. The van der Waals surface area contributed by atoms with E-state index in [0.717, 1.165) is 32.1 Å². The topological polar surface area (TPSA) is 466 Å².